The zero-order chi connectivity index (χ0) is 16.2. The molecule has 0 amide bonds. The molecule has 3 N–H and O–H groups in total. The Bertz CT molecular complexity index is 561. The van der Waals surface area contributed by atoms with Gasteiger partial charge in [-0.15, -0.1) is 0 Å². The van der Waals surface area contributed by atoms with Gasteiger partial charge in [-0.05, 0) is 6.92 Å². The second kappa shape index (κ2) is 6.24. The molecular formula is C10H12F3N5O3. The standard InChI is InChI=1S/C10H12F3N5O3/c1-2-17(5-10(11,12)13)9-7(18(20)21)3-6(4-15-9)8(14)16-19/h3-4,19H,2,5H2,1H3,(H2,14,16). The number of hydrogen-bond acceptors (Lipinski definition) is 6. The van der Waals surface area contributed by atoms with Gasteiger partial charge in [-0.3, -0.25) is 10.1 Å². The summed E-state index contributed by atoms with van der Waals surface area (Å²) in [6.07, 6.45) is -3.54. The summed E-state index contributed by atoms with van der Waals surface area (Å²) in [5.74, 6) is -0.870. The van der Waals surface area contributed by atoms with Crippen molar-refractivity contribution in [2.75, 3.05) is 18.0 Å². The number of alkyl halides is 3. The van der Waals surface area contributed by atoms with Crippen molar-refractivity contribution >= 4 is 17.3 Å². The molecule has 0 fully saturated rings. The highest BCUT2D eigenvalue weighted by Crippen LogP contribution is 2.29. The highest BCUT2D eigenvalue weighted by Gasteiger charge is 2.33. The Morgan fingerprint density at radius 3 is 2.67 bits per heavy atom. The molecule has 8 nitrogen and oxygen atoms in total. The number of pyridine rings is 1. The summed E-state index contributed by atoms with van der Waals surface area (Å²) in [5.41, 5.74) is 4.53. The van der Waals surface area contributed by atoms with E-state index in [1.807, 2.05) is 0 Å². The Morgan fingerprint density at radius 1 is 1.62 bits per heavy atom. The molecule has 0 aliphatic rings. The average Bonchev–Trinajstić information content (AvgIpc) is 2.42. The molecule has 0 radical (unpaired) electrons. The van der Waals surface area contributed by atoms with E-state index in [4.69, 9.17) is 10.9 Å². The van der Waals surface area contributed by atoms with E-state index < -0.39 is 35.0 Å². The first kappa shape index (κ1) is 16.5. The molecular weight excluding hydrogens is 295 g/mol. The molecule has 1 heterocycles. The molecule has 0 aromatic carbocycles. The Labute approximate surface area is 116 Å². The van der Waals surface area contributed by atoms with Gasteiger partial charge in [0.25, 0.3) is 0 Å². The second-order valence-electron chi connectivity index (χ2n) is 3.94. The molecule has 0 spiro atoms. The second-order valence-corrected chi connectivity index (χ2v) is 3.94. The Hall–Kier alpha value is -2.59. The summed E-state index contributed by atoms with van der Waals surface area (Å²) >= 11 is 0. The molecule has 0 saturated heterocycles. The van der Waals surface area contributed by atoms with Gasteiger partial charge in [-0.25, -0.2) is 4.98 Å². The third-order valence-electron chi connectivity index (χ3n) is 2.50. The van der Waals surface area contributed by atoms with Crippen LogP contribution in [0.2, 0.25) is 0 Å². The number of oxime groups is 1. The smallest absolute Gasteiger partial charge is 0.405 e. The highest BCUT2D eigenvalue weighted by atomic mass is 19.4. The van der Waals surface area contributed by atoms with Crippen LogP contribution in [0.15, 0.2) is 17.4 Å². The van der Waals surface area contributed by atoms with E-state index in [1.165, 1.54) is 6.92 Å². The topological polar surface area (TPSA) is 118 Å². The fourth-order valence-electron chi connectivity index (χ4n) is 1.57. The van der Waals surface area contributed by atoms with Crippen LogP contribution in [-0.2, 0) is 0 Å². The largest absolute Gasteiger partial charge is 0.409 e. The van der Waals surface area contributed by atoms with Crippen LogP contribution in [0.4, 0.5) is 24.7 Å². The number of hydrogen-bond donors (Lipinski definition) is 2. The molecule has 0 aliphatic heterocycles. The SMILES string of the molecule is CCN(CC(F)(F)F)c1ncc(C(N)=NO)cc1[N+](=O)[O-]. The summed E-state index contributed by atoms with van der Waals surface area (Å²) in [6, 6.07) is 0.899. The lowest BCUT2D eigenvalue weighted by atomic mass is 10.2. The van der Waals surface area contributed by atoms with Crippen molar-refractivity contribution in [3.63, 3.8) is 0 Å². The zero-order valence-corrected chi connectivity index (χ0v) is 10.8. The highest BCUT2D eigenvalue weighted by molar-refractivity contribution is 5.97. The van der Waals surface area contributed by atoms with E-state index >= 15 is 0 Å². The van der Waals surface area contributed by atoms with Gasteiger partial charge in [-0.2, -0.15) is 13.2 Å². The lowest BCUT2D eigenvalue weighted by molar-refractivity contribution is -0.384. The summed E-state index contributed by atoms with van der Waals surface area (Å²) in [6.45, 7) is -0.0921. The van der Waals surface area contributed by atoms with Crippen molar-refractivity contribution in [2.24, 2.45) is 10.9 Å². The zero-order valence-electron chi connectivity index (χ0n) is 10.8. The van der Waals surface area contributed by atoms with Crippen LogP contribution >= 0.6 is 0 Å². The van der Waals surface area contributed by atoms with Gasteiger partial charge >= 0.3 is 11.9 Å². The number of amidine groups is 1. The van der Waals surface area contributed by atoms with Crippen LogP contribution in [0.25, 0.3) is 0 Å². The van der Waals surface area contributed by atoms with E-state index in [0.717, 1.165) is 12.3 Å². The summed E-state index contributed by atoms with van der Waals surface area (Å²) in [7, 11) is 0. The number of anilines is 1. The van der Waals surface area contributed by atoms with Crippen LogP contribution in [-0.4, -0.2) is 40.2 Å². The predicted octanol–water partition coefficient (Wildman–Crippen LogP) is 1.47. The van der Waals surface area contributed by atoms with Crippen molar-refractivity contribution in [1.29, 1.82) is 0 Å². The normalized spacial score (nSPS) is 12.3. The molecule has 1 aromatic heterocycles. The number of nitrogens with two attached hydrogens (primary N) is 1. The van der Waals surface area contributed by atoms with E-state index in [9.17, 15) is 23.3 Å². The monoisotopic (exact) mass is 307 g/mol. The summed E-state index contributed by atoms with van der Waals surface area (Å²) in [4.78, 5) is 14.5. The van der Waals surface area contributed by atoms with Crippen LogP contribution < -0.4 is 10.6 Å². The van der Waals surface area contributed by atoms with Gasteiger partial charge in [0, 0.05) is 24.4 Å². The molecule has 0 saturated carbocycles. The lowest BCUT2D eigenvalue weighted by Crippen LogP contribution is -2.35. The lowest BCUT2D eigenvalue weighted by Gasteiger charge is -2.23. The Morgan fingerprint density at radius 2 is 2.24 bits per heavy atom. The average molecular weight is 307 g/mol. The van der Waals surface area contributed by atoms with Crippen LogP contribution in [0.1, 0.15) is 12.5 Å². The minimum atomic E-state index is -4.53. The van der Waals surface area contributed by atoms with Crippen molar-refractivity contribution < 1.29 is 23.3 Å². The number of nitrogens with zero attached hydrogens (tertiary/aromatic N) is 4. The van der Waals surface area contributed by atoms with Gasteiger partial charge in [0.1, 0.15) is 6.54 Å². The Balaban J connectivity index is 3.31. The van der Waals surface area contributed by atoms with Gasteiger partial charge in [0.2, 0.25) is 5.82 Å². The number of rotatable bonds is 5. The first-order chi connectivity index (χ1) is 9.69. The van der Waals surface area contributed by atoms with Crippen molar-refractivity contribution in [3.05, 3.63) is 27.9 Å². The summed E-state index contributed by atoms with van der Waals surface area (Å²) in [5, 5.41) is 22.1. The molecule has 0 atom stereocenters. The number of halogens is 3. The quantitative estimate of drug-likeness (QED) is 0.279. The fraction of sp³-hybridized carbons (Fsp3) is 0.400. The van der Waals surface area contributed by atoms with E-state index in [0.29, 0.717) is 4.90 Å². The van der Waals surface area contributed by atoms with Crippen molar-refractivity contribution in [1.82, 2.24) is 4.98 Å². The first-order valence-electron chi connectivity index (χ1n) is 5.63. The van der Waals surface area contributed by atoms with Crippen LogP contribution in [0, 0.1) is 10.1 Å². The number of aromatic nitrogens is 1. The van der Waals surface area contributed by atoms with Crippen molar-refractivity contribution in [3.8, 4) is 0 Å². The maximum Gasteiger partial charge on any atom is 0.405 e. The van der Waals surface area contributed by atoms with Gasteiger partial charge in [0.15, 0.2) is 5.84 Å². The molecule has 116 valence electrons. The molecule has 1 aromatic rings. The molecule has 21 heavy (non-hydrogen) atoms. The maximum atomic E-state index is 12.5. The third-order valence-corrected chi connectivity index (χ3v) is 2.50. The first-order valence-corrected chi connectivity index (χ1v) is 5.63. The predicted molar refractivity (Wildman–Crippen MR) is 67.3 cm³/mol. The van der Waals surface area contributed by atoms with E-state index in [2.05, 4.69) is 10.1 Å². The van der Waals surface area contributed by atoms with E-state index in [-0.39, 0.29) is 12.1 Å². The van der Waals surface area contributed by atoms with Crippen LogP contribution in [0.3, 0.4) is 0 Å². The minimum Gasteiger partial charge on any atom is -0.409 e. The summed E-state index contributed by atoms with van der Waals surface area (Å²) < 4.78 is 37.4. The fourth-order valence-corrected chi connectivity index (χ4v) is 1.57. The van der Waals surface area contributed by atoms with E-state index in [1.54, 1.807) is 0 Å². The van der Waals surface area contributed by atoms with Gasteiger partial charge < -0.3 is 15.8 Å². The third kappa shape index (κ3) is 4.19. The van der Waals surface area contributed by atoms with Crippen LogP contribution in [0.5, 0.6) is 0 Å². The van der Waals surface area contributed by atoms with Gasteiger partial charge in [-0.1, -0.05) is 5.16 Å². The number of nitro groups is 1. The molecule has 0 aliphatic carbocycles. The minimum absolute atomic E-state index is 0.0731. The molecule has 1 rings (SSSR count). The molecule has 0 unspecified atom stereocenters. The van der Waals surface area contributed by atoms with Crippen molar-refractivity contribution in [2.45, 2.75) is 13.1 Å². The molecule has 11 heteroatoms. The van der Waals surface area contributed by atoms with Gasteiger partial charge in [0.05, 0.1) is 4.92 Å². The maximum absolute atomic E-state index is 12.5. The Kier molecular flexibility index (Phi) is 4.89. The molecule has 0 bridgehead atoms.